The molecule has 1 saturated heterocycles. The van der Waals surface area contributed by atoms with Crippen LogP contribution in [0.5, 0.6) is 5.75 Å². The van der Waals surface area contributed by atoms with E-state index in [1.54, 1.807) is 18.2 Å². The smallest absolute Gasteiger partial charge is 0.348 e. The minimum atomic E-state index is -1.06. The third-order valence-corrected chi connectivity index (χ3v) is 6.09. The van der Waals surface area contributed by atoms with Crippen LogP contribution in [0.15, 0.2) is 57.0 Å². The summed E-state index contributed by atoms with van der Waals surface area (Å²) in [4.78, 5) is 24.7. The lowest BCUT2D eigenvalue weighted by Crippen LogP contribution is -2.44. The average Bonchev–Trinajstić information content (AvgIpc) is 3.13. The van der Waals surface area contributed by atoms with Crippen LogP contribution in [0.1, 0.15) is 36.8 Å². The standard InChI is InChI=1S/C22H18Br2O5/c23-16-6-3-14(4-7-16)13-27-19-8-5-15(12-18(19)24)11-17-20(25)28-22(29-21(17)26)9-1-2-10-22/h3-8,11-12H,1-2,9-10,13H2. The normalized spacial score (nSPS) is 17.8. The molecule has 1 heterocycles. The molecule has 1 spiro atoms. The monoisotopic (exact) mass is 520 g/mol. The van der Waals surface area contributed by atoms with Crippen molar-refractivity contribution in [1.29, 1.82) is 0 Å². The van der Waals surface area contributed by atoms with Crippen molar-refractivity contribution in [2.75, 3.05) is 0 Å². The van der Waals surface area contributed by atoms with Gasteiger partial charge < -0.3 is 14.2 Å². The topological polar surface area (TPSA) is 61.8 Å². The van der Waals surface area contributed by atoms with Crippen LogP contribution in [0.3, 0.4) is 0 Å². The predicted octanol–water partition coefficient (Wildman–Crippen LogP) is 5.54. The molecule has 1 aliphatic heterocycles. The van der Waals surface area contributed by atoms with E-state index >= 15 is 0 Å². The first-order valence-corrected chi connectivity index (χ1v) is 10.9. The number of rotatable bonds is 4. The fraction of sp³-hybridized carbons (Fsp3) is 0.273. The maximum absolute atomic E-state index is 12.4. The minimum absolute atomic E-state index is 0.0991. The van der Waals surface area contributed by atoms with Crippen LogP contribution >= 0.6 is 31.9 Å². The second-order valence-corrected chi connectivity index (χ2v) is 8.83. The Bertz CT molecular complexity index is 953. The van der Waals surface area contributed by atoms with E-state index in [0.717, 1.165) is 22.9 Å². The zero-order valence-electron chi connectivity index (χ0n) is 15.5. The Morgan fingerprint density at radius 1 is 0.966 bits per heavy atom. The Kier molecular flexibility index (Phi) is 5.79. The summed E-state index contributed by atoms with van der Waals surface area (Å²) in [5.74, 6) is -1.66. The van der Waals surface area contributed by atoms with Gasteiger partial charge in [-0.3, -0.25) is 0 Å². The summed E-state index contributed by atoms with van der Waals surface area (Å²) in [5, 5.41) is 0. The molecule has 0 radical (unpaired) electrons. The summed E-state index contributed by atoms with van der Waals surface area (Å²) in [7, 11) is 0. The Hall–Kier alpha value is -2.12. The summed E-state index contributed by atoms with van der Waals surface area (Å²) in [6.07, 6.45) is 4.37. The lowest BCUT2D eigenvalue weighted by Gasteiger charge is -2.32. The highest BCUT2D eigenvalue weighted by molar-refractivity contribution is 9.10. The molecule has 2 aliphatic rings. The largest absolute Gasteiger partial charge is 0.488 e. The van der Waals surface area contributed by atoms with Crippen LogP contribution in [-0.2, 0) is 25.7 Å². The van der Waals surface area contributed by atoms with Gasteiger partial charge in [0.25, 0.3) is 5.79 Å². The summed E-state index contributed by atoms with van der Waals surface area (Å²) < 4.78 is 18.5. The Morgan fingerprint density at radius 2 is 1.62 bits per heavy atom. The molecule has 29 heavy (non-hydrogen) atoms. The van der Waals surface area contributed by atoms with E-state index in [-0.39, 0.29) is 5.57 Å². The average molecular weight is 522 g/mol. The highest BCUT2D eigenvalue weighted by Gasteiger charge is 2.47. The first-order valence-electron chi connectivity index (χ1n) is 9.29. The van der Waals surface area contributed by atoms with Crippen LogP contribution in [-0.4, -0.2) is 17.7 Å². The number of ether oxygens (including phenoxy) is 3. The number of halogens is 2. The van der Waals surface area contributed by atoms with Gasteiger partial charge in [0.1, 0.15) is 17.9 Å². The number of hydrogen-bond acceptors (Lipinski definition) is 5. The van der Waals surface area contributed by atoms with Crippen LogP contribution in [0.4, 0.5) is 0 Å². The molecular weight excluding hydrogens is 504 g/mol. The highest BCUT2D eigenvalue weighted by atomic mass is 79.9. The number of esters is 2. The van der Waals surface area contributed by atoms with Gasteiger partial charge in [0.2, 0.25) is 0 Å². The summed E-state index contributed by atoms with van der Waals surface area (Å²) in [6, 6.07) is 13.2. The van der Waals surface area contributed by atoms with E-state index < -0.39 is 17.7 Å². The second kappa shape index (κ2) is 8.32. The van der Waals surface area contributed by atoms with Gasteiger partial charge in [0.15, 0.2) is 0 Å². The first kappa shape index (κ1) is 20.2. The van der Waals surface area contributed by atoms with Crippen LogP contribution in [0.25, 0.3) is 6.08 Å². The van der Waals surface area contributed by atoms with E-state index in [2.05, 4.69) is 31.9 Å². The molecule has 0 atom stereocenters. The van der Waals surface area contributed by atoms with Gasteiger partial charge in [0.05, 0.1) is 4.47 Å². The van der Waals surface area contributed by atoms with Crippen molar-refractivity contribution in [2.45, 2.75) is 38.1 Å². The molecule has 150 valence electrons. The van der Waals surface area contributed by atoms with Crippen LogP contribution in [0, 0.1) is 0 Å². The molecule has 7 heteroatoms. The van der Waals surface area contributed by atoms with E-state index in [0.29, 0.717) is 35.2 Å². The molecular formula is C22H18Br2O5. The lowest BCUT2D eigenvalue weighted by atomic mass is 10.1. The third kappa shape index (κ3) is 4.56. The molecule has 4 rings (SSSR count). The fourth-order valence-corrected chi connectivity index (χ4v) is 4.20. The van der Waals surface area contributed by atoms with Crippen molar-refractivity contribution in [3.63, 3.8) is 0 Å². The predicted molar refractivity (Wildman–Crippen MR) is 114 cm³/mol. The maximum atomic E-state index is 12.4. The number of carbonyl (C=O) groups excluding carboxylic acids is 2. The maximum Gasteiger partial charge on any atom is 0.348 e. The summed E-state index contributed by atoms with van der Waals surface area (Å²) in [5.41, 5.74) is 1.61. The Morgan fingerprint density at radius 3 is 2.24 bits per heavy atom. The molecule has 0 amide bonds. The van der Waals surface area contributed by atoms with Gasteiger partial charge in [-0.1, -0.05) is 34.1 Å². The Labute approximate surface area is 185 Å². The van der Waals surface area contributed by atoms with Gasteiger partial charge in [0, 0.05) is 17.3 Å². The molecule has 0 aromatic heterocycles. The first-order chi connectivity index (χ1) is 13.9. The van der Waals surface area contributed by atoms with E-state index in [1.807, 2.05) is 24.3 Å². The Balaban J connectivity index is 1.46. The molecule has 2 aromatic carbocycles. The molecule has 0 unspecified atom stereocenters. The highest BCUT2D eigenvalue weighted by Crippen LogP contribution is 2.39. The van der Waals surface area contributed by atoms with Crippen LogP contribution < -0.4 is 4.74 Å². The van der Waals surface area contributed by atoms with Gasteiger partial charge >= 0.3 is 11.9 Å². The molecule has 1 saturated carbocycles. The van der Waals surface area contributed by atoms with Gasteiger partial charge in [-0.15, -0.1) is 0 Å². The van der Waals surface area contributed by atoms with Gasteiger partial charge in [-0.25, -0.2) is 9.59 Å². The number of hydrogen-bond donors (Lipinski definition) is 0. The van der Waals surface area contributed by atoms with Crippen molar-refractivity contribution < 1.29 is 23.8 Å². The SMILES string of the molecule is O=C1OC2(CCCC2)OC(=O)C1=Cc1ccc(OCc2ccc(Br)cc2)c(Br)c1. The van der Waals surface area contributed by atoms with E-state index in [9.17, 15) is 9.59 Å². The molecule has 5 nitrogen and oxygen atoms in total. The molecule has 2 aromatic rings. The summed E-state index contributed by atoms with van der Waals surface area (Å²) >= 11 is 6.89. The third-order valence-electron chi connectivity index (χ3n) is 4.94. The van der Waals surface area contributed by atoms with Crippen molar-refractivity contribution >= 4 is 49.9 Å². The van der Waals surface area contributed by atoms with E-state index in [4.69, 9.17) is 14.2 Å². The van der Waals surface area contributed by atoms with Gasteiger partial charge in [-0.2, -0.15) is 0 Å². The van der Waals surface area contributed by atoms with Crippen molar-refractivity contribution in [3.05, 3.63) is 68.1 Å². The molecule has 0 bridgehead atoms. The molecule has 1 aliphatic carbocycles. The zero-order valence-corrected chi connectivity index (χ0v) is 18.6. The zero-order chi connectivity index (χ0) is 20.4. The minimum Gasteiger partial charge on any atom is -0.488 e. The van der Waals surface area contributed by atoms with Crippen molar-refractivity contribution in [1.82, 2.24) is 0 Å². The lowest BCUT2D eigenvalue weighted by molar-refractivity contribution is -0.232. The van der Waals surface area contributed by atoms with Crippen molar-refractivity contribution in [2.24, 2.45) is 0 Å². The number of benzene rings is 2. The van der Waals surface area contributed by atoms with Gasteiger partial charge in [-0.05, 0) is 70.2 Å². The quantitative estimate of drug-likeness (QED) is 0.300. The van der Waals surface area contributed by atoms with E-state index in [1.165, 1.54) is 6.08 Å². The van der Waals surface area contributed by atoms with Crippen molar-refractivity contribution in [3.8, 4) is 5.75 Å². The molecule has 0 N–H and O–H groups in total. The fourth-order valence-electron chi connectivity index (χ4n) is 3.42. The number of carbonyl (C=O) groups is 2. The van der Waals surface area contributed by atoms with Crippen LogP contribution in [0.2, 0.25) is 0 Å². The summed E-state index contributed by atoms with van der Waals surface area (Å²) in [6.45, 7) is 0.424. The second-order valence-electron chi connectivity index (χ2n) is 7.06. The molecule has 2 fully saturated rings.